The Balaban J connectivity index is 0.000000552. The minimum atomic E-state index is -3.17. The van der Waals surface area contributed by atoms with Gasteiger partial charge in [0.1, 0.15) is 5.82 Å². The van der Waals surface area contributed by atoms with Crippen LogP contribution in [0.15, 0.2) is 36.7 Å². The summed E-state index contributed by atoms with van der Waals surface area (Å²) in [4.78, 5) is 18.4. The number of anilines is 1. The molecule has 4 rings (SSSR count). The molecule has 2 amide bonds. The molecule has 2 N–H and O–H groups in total. The topological polar surface area (TPSA) is 65.5 Å². The second kappa shape index (κ2) is 8.60. The van der Waals surface area contributed by atoms with Gasteiger partial charge in [0.25, 0.3) is 0 Å². The van der Waals surface area contributed by atoms with Gasteiger partial charge in [-0.15, -0.1) is 0 Å². The normalized spacial score (nSPS) is 20.1. The number of pyridine rings is 1. The quantitative estimate of drug-likeness (QED) is 0.768. The average Bonchev–Trinajstić information content (AvgIpc) is 2.63. The van der Waals surface area contributed by atoms with Gasteiger partial charge in [-0.25, -0.2) is 9.18 Å². The van der Waals surface area contributed by atoms with E-state index in [9.17, 15) is 18.0 Å². The lowest BCUT2D eigenvalue weighted by Crippen LogP contribution is -2.62. The van der Waals surface area contributed by atoms with E-state index in [1.54, 1.807) is 6.20 Å². The number of piperidine rings is 1. The van der Waals surface area contributed by atoms with Crippen LogP contribution in [0.2, 0.25) is 0 Å². The largest absolute Gasteiger partial charge is 0.342 e. The van der Waals surface area contributed by atoms with Crippen molar-refractivity contribution < 1.29 is 24.5 Å². The van der Waals surface area contributed by atoms with E-state index in [0.29, 0.717) is 17.6 Å². The third-order valence-electron chi connectivity index (χ3n) is 5.14. The number of carbonyl (C=O) groups excluding carboxylic acids is 1. The smallest absolute Gasteiger partial charge is 0.339 e. The Morgan fingerprint density at radius 3 is 2.57 bits per heavy atom. The van der Waals surface area contributed by atoms with Crippen LogP contribution in [-0.4, -0.2) is 39.7 Å². The van der Waals surface area contributed by atoms with Gasteiger partial charge in [0.15, 0.2) is 0 Å². The summed E-state index contributed by atoms with van der Waals surface area (Å²) in [6.45, 7) is -1.20. The lowest BCUT2D eigenvalue weighted by molar-refractivity contribution is -0.0728. The number of aromatic nitrogens is 1. The molecule has 0 saturated carbocycles. The van der Waals surface area contributed by atoms with E-state index in [1.807, 2.05) is 30.0 Å². The number of fused-ring (bicyclic) bond motifs is 2. The molecule has 0 radical (unpaired) electrons. The Bertz CT molecular complexity index is 837. The second-order valence-corrected chi connectivity index (χ2v) is 7.01. The standard InChI is InChI=1S/C19H20FN3O.CH2F2O.H2/c1-12-5-6-15(8-18(12)13-7-14(20)11-21-10-13)22-19(24)23-16-3-2-4-17(23)9-16;2-1(3)4;/h5-8,10-11,16-17H,2-4,9H2,1H3,(H,22,24);1,4H;1H. The third kappa shape index (κ3) is 4.62. The van der Waals surface area contributed by atoms with Crippen LogP contribution in [0.4, 0.5) is 23.7 Å². The zero-order valence-electron chi connectivity index (χ0n) is 15.4. The number of hydrogen-bond donors (Lipinski definition) is 2. The number of urea groups is 1. The number of nitrogens with zero attached hydrogens (tertiary/aromatic N) is 2. The van der Waals surface area contributed by atoms with E-state index in [4.69, 9.17) is 5.11 Å². The highest BCUT2D eigenvalue weighted by molar-refractivity contribution is 5.91. The van der Waals surface area contributed by atoms with E-state index in [1.165, 1.54) is 18.7 Å². The first kappa shape index (κ1) is 20.1. The number of halogens is 3. The number of amides is 2. The van der Waals surface area contributed by atoms with Gasteiger partial charge in [0.05, 0.1) is 6.20 Å². The fraction of sp³-hybridized carbons (Fsp3) is 0.400. The highest BCUT2D eigenvalue weighted by atomic mass is 19.3. The summed E-state index contributed by atoms with van der Waals surface area (Å²) < 4.78 is 33.2. The molecule has 5 nitrogen and oxygen atoms in total. The Morgan fingerprint density at radius 1 is 1.29 bits per heavy atom. The minimum absolute atomic E-state index is 0. The van der Waals surface area contributed by atoms with E-state index >= 15 is 0 Å². The van der Waals surface area contributed by atoms with Crippen molar-refractivity contribution in [2.24, 2.45) is 0 Å². The number of alkyl halides is 2. The van der Waals surface area contributed by atoms with Crippen LogP contribution in [0.25, 0.3) is 11.1 Å². The number of carbonyl (C=O) groups is 1. The number of nitrogens with one attached hydrogen (secondary N) is 1. The van der Waals surface area contributed by atoms with Crippen LogP contribution in [0.3, 0.4) is 0 Å². The van der Waals surface area contributed by atoms with Crippen LogP contribution < -0.4 is 5.32 Å². The molecule has 1 aromatic carbocycles. The lowest BCUT2D eigenvalue weighted by Gasteiger charge is -2.52. The number of aliphatic hydroxyl groups is 1. The Labute approximate surface area is 162 Å². The van der Waals surface area contributed by atoms with Gasteiger partial charge in [0.2, 0.25) is 0 Å². The molecule has 3 heterocycles. The molecule has 2 bridgehead atoms. The van der Waals surface area contributed by atoms with Crippen molar-refractivity contribution in [1.82, 2.24) is 9.88 Å². The van der Waals surface area contributed by atoms with Gasteiger partial charge >= 0.3 is 12.6 Å². The third-order valence-corrected chi connectivity index (χ3v) is 5.14. The van der Waals surface area contributed by atoms with Crippen molar-refractivity contribution in [2.45, 2.75) is 51.3 Å². The van der Waals surface area contributed by atoms with E-state index in [-0.39, 0.29) is 13.3 Å². The number of aryl methyl sites for hydroxylation is 1. The van der Waals surface area contributed by atoms with Crippen molar-refractivity contribution in [3.8, 4) is 11.1 Å². The van der Waals surface area contributed by atoms with Gasteiger partial charge in [-0.3, -0.25) is 4.98 Å². The Hall–Kier alpha value is -2.61. The van der Waals surface area contributed by atoms with E-state index in [0.717, 1.165) is 36.1 Å². The van der Waals surface area contributed by atoms with Crippen LogP contribution in [0, 0.1) is 12.7 Å². The zero-order chi connectivity index (χ0) is 20.3. The van der Waals surface area contributed by atoms with Crippen LogP contribution in [0.5, 0.6) is 0 Å². The van der Waals surface area contributed by atoms with Gasteiger partial charge in [-0.2, -0.15) is 8.78 Å². The summed E-state index contributed by atoms with van der Waals surface area (Å²) in [6, 6.07) is 7.96. The maximum absolute atomic E-state index is 13.4. The minimum Gasteiger partial charge on any atom is -0.339 e. The Kier molecular flexibility index (Phi) is 6.18. The summed E-state index contributed by atoms with van der Waals surface area (Å²) in [5, 5.41) is 9.72. The second-order valence-electron chi connectivity index (χ2n) is 7.01. The van der Waals surface area contributed by atoms with Gasteiger partial charge in [-0.05, 0) is 61.9 Å². The highest BCUT2D eigenvalue weighted by Crippen LogP contribution is 2.38. The van der Waals surface area contributed by atoms with E-state index in [2.05, 4.69) is 10.3 Å². The summed E-state index contributed by atoms with van der Waals surface area (Å²) >= 11 is 0. The molecule has 1 aromatic heterocycles. The monoisotopic (exact) mass is 395 g/mol. The van der Waals surface area contributed by atoms with Crippen molar-refractivity contribution in [3.05, 3.63) is 48.0 Å². The average molecular weight is 395 g/mol. The maximum Gasteiger partial charge on any atom is 0.342 e. The molecular formula is C20H24F3N3O2. The molecule has 8 heteroatoms. The number of hydrogen-bond acceptors (Lipinski definition) is 3. The zero-order valence-corrected chi connectivity index (χ0v) is 15.4. The fourth-order valence-electron chi connectivity index (χ4n) is 3.89. The summed E-state index contributed by atoms with van der Waals surface area (Å²) in [7, 11) is 0. The first-order valence-electron chi connectivity index (χ1n) is 9.12. The summed E-state index contributed by atoms with van der Waals surface area (Å²) in [6.07, 6.45) is 7.40. The van der Waals surface area contributed by atoms with Crippen LogP contribution >= 0.6 is 0 Å². The highest BCUT2D eigenvalue weighted by Gasteiger charge is 2.44. The maximum atomic E-state index is 13.4. The van der Waals surface area contributed by atoms with Gasteiger partial charge < -0.3 is 15.3 Å². The molecule has 28 heavy (non-hydrogen) atoms. The molecule has 2 atom stereocenters. The van der Waals surface area contributed by atoms with Gasteiger partial charge in [0, 0.05) is 31.0 Å². The molecule has 2 aliphatic rings. The van der Waals surface area contributed by atoms with Crippen LogP contribution in [-0.2, 0) is 0 Å². The van der Waals surface area contributed by atoms with Crippen molar-refractivity contribution >= 4 is 11.7 Å². The predicted molar refractivity (Wildman–Crippen MR) is 102 cm³/mol. The molecule has 2 aliphatic heterocycles. The van der Waals surface area contributed by atoms with Crippen molar-refractivity contribution in [3.63, 3.8) is 0 Å². The number of benzene rings is 1. The molecule has 2 unspecified atom stereocenters. The SMILES string of the molecule is Cc1ccc(NC(=O)N2C3CCCC2C3)cc1-c1cncc(F)c1.OC(F)F.[HH]. The Morgan fingerprint density at radius 2 is 1.96 bits per heavy atom. The first-order valence-corrected chi connectivity index (χ1v) is 9.12. The van der Waals surface area contributed by atoms with Crippen molar-refractivity contribution in [1.29, 1.82) is 0 Å². The summed E-state index contributed by atoms with van der Waals surface area (Å²) in [5.74, 6) is -0.366. The first-order chi connectivity index (χ1) is 13.3. The molecule has 152 valence electrons. The van der Waals surface area contributed by atoms with Crippen LogP contribution in [0.1, 0.15) is 32.7 Å². The molecule has 0 spiro atoms. The molecule has 2 saturated heterocycles. The molecule has 0 aliphatic carbocycles. The predicted octanol–water partition coefficient (Wildman–Crippen LogP) is 4.80. The lowest BCUT2D eigenvalue weighted by atomic mass is 9.80. The van der Waals surface area contributed by atoms with E-state index < -0.39 is 6.61 Å². The number of aliphatic hydroxyl groups excluding tert-OH is 1. The van der Waals surface area contributed by atoms with Gasteiger partial charge in [-0.1, -0.05) is 6.07 Å². The fourth-order valence-corrected chi connectivity index (χ4v) is 3.89. The summed E-state index contributed by atoms with van der Waals surface area (Å²) in [5.41, 5.74) is 3.34. The van der Waals surface area contributed by atoms with Crippen molar-refractivity contribution in [2.75, 3.05) is 5.32 Å². The molecular weight excluding hydrogens is 371 g/mol. The number of rotatable bonds is 2. The molecule has 2 aromatic rings. The molecule has 2 fully saturated rings.